The summed E-state index contributed by atoms with van der Waals surface area (Å²) in [5.74, 6) is 0.703. The van der Waals surface area contributed by atoms with E-state index in [0.717, 1.165) is 17.8 Å². The topological polar surface area (TPSA) is 92.4 Å². The van der Waals surface area contributed by atoms with Crippen LogP contribution >= 0.6 is 24.0 Å². The van der Waals surface area contributed by atoms with Gasteiger partial charge in [-0.3, -0.25) is 9.79 Å². The molecule has 0 bridgehead atoms. The number of hydrogen-bond donors (Lipinski definition) is 3. The predicted molar refractivity (Wildman–Crippen MR) is 114 cm³/mol. The van der Waals surface area contributed by atoms with Crippen LogP contribution in [0.4, 0.5) is 11.5 Å². The molecular weight excluding hydrogens is 429 g/mol. The number of amides is 1. The molecule has 0 radical (unpaired) electrons. The SMILES string of the molecule is CCc1cccc(NC(N)=NCCC(=O)Nc2cccc(C)n2)c1.I. The Balaban J connectivity index is 0.00000312. The van der Waals surface area contributed by atoms with Crippen molar-refractivity contribution < 1.29 is 4.79 Å². The Morgan fingerprint density at radius 1 is 1.20 bits per heavy atom. The van der Waals surface area contributed by atoms with Crippen LogP contribution in [0.15, 0.2) is 47.5 Å². The molecule has 1 heterocycles. The number of carbonyl (C=O) groups is 1. The number of aryl methyl sites for hydroxylation is 2. The zero-order valence-corrected chi connectivity index (χ0v) is 16.8. The zero-order chi connectivity index (χ0) is 17.4. The van der Waals surface area contributed by atoms with Crippen LogP contribution in [0.25, 0.3) is 0 Å². The van der Waals surface area contributed by atoms with Crippen molar-refractivity contribution in [2.75, 3.05) is 17.2 Å². The predicted octanol–water partition coefficient (Wildman–Crippen LogP) is 3.33. The van der Waals surface area contributed by atoms with Crippen molar-refractivity contribution in [2.24, 2.45) is 10.7 Å². The molecule has 0 saturated carbocycles. The van der Waals surface area contributed by atoms with Crippen LogP contribution in [-0.4, -0.2) is 23.4 Å². The van der Waals surface area contributed by atoms with E-state index in [9.17, 15) is 4.79 Å². The van der Waals surface area contributed by atoms with Gasteiger partial charge in [-0.05, 0) is 43.2 Å². The molecule has 1 aromatic heterocycles. The largest absolute Gasteiger partial charge is 0.370 e. The maximum absolute atomic E-state index is 11.9. The van der Waals surface area contributed by atoms with Crippen LogP contribution in [0.5, 0.6) is 0 Å². The van der Waals surface area contributed by atoms with E-state index in [0.29, 0.717) is 18.3 Å². The van der Waals surface area contributed by atoms with Gasteiger partial charge in [0.1, 0.15) is 5.82 Å². The lowest BCUT2D eigenvalue weighted by Crippen LogP contribution is -2.23. The van der Waals surface area contributed by atoms with E-state index in [4.69, 9.17) is 5.73 Å². The van der Waals surface area contributed by atoms with Crippen molar-refractivity contribution >= 4 is 47.3 Å². The fraction of sp³-hybridized carbons (Fsp3) is 0.278. The van der Waals surface area contributed by atoms with Gasteiger partial charge in [0.15, 0.2) is 5.96 Å². The lowest BCUT2D eigenvalue weighted by atomic mass is 10.1. The zero-order valence-electron chi connectivity index (χ0n) is 14.5. The minimum Gasteiger partial charge on any atom is -0.370 e. The normalized spacial score (nSPS) is 10.7. The number of nitrogens with two attached hydrogens (primary N) is 1. The summed E-state index contributed by atoms with van der Waals surface area (Å²) < 4.78 is 0. The number of aliphatic imine (C=N–C) groups is 1. The van der Waals surface area contributed by atoms with Crippen molar-refractivity contribution in [2.45, 2.75) is 26.7 Å². The summed E-state index contributed by atoms with van der Waals surface area (Å²) in [6, 6.07) is 13.5. The summed E-state index contributed by atoms with van der Waals surface area (Å²) >= 11 is 0. The maximum Gasteiger partial charge on any atom is 0.227 e. The molecular formula is C18H24IN5O. The van der Waals surface area contributed by atoms with Crippen molar-refractivity contribution in [1.29, 1.82) is 0 Å². The Hall–Kier alpha value is -2.16. The fourth-order valence-corrected chi connectivity index (χ4v) is 2.15. The van der Waals surface area contributed by atoms with Crippen LogP contribution in [0.3, 0.4) is 0 Å². The number of guanidine groups is 1. The van der Waals surface area contributed by atoms with Crippen LogP contribution in [0.1, 0.15) is 24.6 Å². The second-order valence-corrected chi connectivity index (χ2v) is 5.41. The number of pyridine rings is 1. The van der Waals surface area contributed by atoms with Crippen LogP contribution in [0.2, 0.25) is 0 Å². The molecule has 1 aromatic carbocycles. The number of anilines is 2. The fourth-order valence-electron chi connectivity index (χ4n) is 2.15. The second-order valence-electron chi connectivity index (χ2n) is 5.41. The van der Waals surface area contributed by atoms with Crippen LogP contribution < -0.4 is 16.4 Å². The van der Waals surface area contributed by atoms with Gasteiger partial charge in [-0.25, -0.2) is 4.98 Å². The molecule has 0 spiro atoms. The smallest absolute Gasteiger partial charge is 0.227 e. The van der Waals surface area contributed by atoms with Crippen LogP contribution in [-0.2, 0) is 11.2 Å². The first-order valence-corrected chi connectivity index (χ1v) is 7.96. The first kappa shape index (κ1) is 20.9. The molecule has 0 fully saturated rings. The highest BCUT2D eigenvalue weighted by Gasteiger charge is 2.03. The van der Waals surface area contributed by atoms with Gasteiger partial charge in [0, 0.05) is 17.8 Å². The number of nitrogens with zero attached hydrogens (tertiary/aromatic N) is 2. The highest BCUT2D eigenvalue weighted by molar-refractivity contribution is 14.0. The molecule has 25 heavy (non-hydrogen) atoms. The third-order valence-corrected chi connectivity index (χ3v) is 3.38. The Kier molecular flexibility index (Phi) is 8.90. The van der Waals surface area contributed by atoms with E-state index < -0.39 is 0 Å². The van der Waals surface area contributed by atoms with E-state index in [1.807, 2.05) is 37.3 Å². The molecule has 4 N–H and O–H groups in total. The molecule has 1 amide bonds. The quantitative estimate of drug-likeness (QED) is 0.356. The van der Waals surface area contributed by atoms with Gasteiger partial charge < -0.3 is 16.4 Å². The molecule has 2 rings (SSSR count). The number of rotatable bonds is 6. The van der Waals surface area contributed by atoms with Crippen molar-refractivity contribution in [3.8, 4) is 0 Å². The van der Waals surface area contributed by atoms with Crippen molar-refractivity contribution in [3.63, 3.8) is 0 Å². The van der Waals surface area contributed by atoms with Crippen molar-refractivity contribution in [1.82, 2.24) is 4.98 Å². The Bertz CT molecular complexity index is 733. The Morgan fingerprint density at radius 2 is 1.96 bits per heavy atom. The highest BCUT2D eigenvalue weighted by Crippen LogP contribution is 2.10. The number of benzene rings is 1. The Morgan fingerprint density at radius 3 is 2.68 bits per heavy atom. The number of nitrogens with one attached hydrogen (secondary N) is 2. The van der Waals surface area contributed by atoms with Crippen molar-refractivity contribution in [3.05, 3.63) is 53.7 Å². The minimum absolute atomic E-state index is 0. The summed E-state index contributed by atoms with van der Waals surface area (Å²) in [7, 11) is 0. The van der Waals surface area contributed by atoms with E-state index >= 15 is 0 Å². The highest BCUT2D eigenvalue weighted by atomic mass is 127. The minimum atomic E-state index is -0.141. The van der Waals surface area contributed by atoms with Gasteiger partial charge in [0.2, 0.25) is 5.91 Å². The second kappa shape index (κ2) is 10.7. The number of hydrogen-bond acceptors (Lipinski definition) is 3. The maximum atomic E-state index is 11.9. The number of aromatic nitrogens is 1. The summed E-state index contributed by atoms with van der Waals surface area (Å²) in [5, 5.41) is 5.77. The molecule has 0 saturated heterocycles. The first-order valence-electron chi connectivity index (χ1n) is 7.96. The summed E-state index contributed by atoms with van der Waals surface area (Å²) in [6.45, 7) is 4.28. The van der Waals surface area contributed by atoms with E-state index in [1.165, 1.54) is 5.56 Å². The molecule has 0 aliphatic heterocycles. The lowest BCUT2D eigenvalue weighted by Gasteiger charge is -2.07. The number of halogens is 1. The average molecular weight is 453 g/mol. The van der Waals surface area contributed by atoms with Gasteiger partial charge in [0.25, 0.3) is 0 Å². The van der Waals surface area contributed by atoms with Gasteiger partial charge in [0.05, 0.1) is 6.54 Å². The van der Waals surface area contributed by atoms with Gasteiger partial charge in [-0.1, -0.05) is 25.1 Å². The molecule has 0 aliphatic carbocycles. The molecule has 2 aromatic rings. The summed E-state index contributed by atoms with van der Waals surface area (Å²) in [4.78, 5) is 20.3. The van der Waals surface area contributed by atoms with Gasteiger partial charge in [-0.15, -0.1) is 24.0 Å². The molecule has 0 unspecified atom stereocenters. The molecule has 6 nitrogen and oxygen atoms in total. The van der Waals surface area contributed by atoms with E-state index in [2.05, 4.69) is 33.6 Å². The third kappa shape index (κ3) is 7.51. The third-order valence-electron chi connectivity index (χ3n) is 3.38. The van der Waals surface area contributed by atoms with E-state index in [-0.39, 0.29) is 36.3 Å². The Labute approximate surface area is 165 Å². The molecule has 0 aliphatic rings. The van der Waals surface area contributed by atoms with E-state index in [1.54, 1.807) is 6.07 Å². The van der Waals surface area contributed by atoms with Gasteiger partial charge in [-0.2, -0.15) is 0 Å². The average Bonchev–Trinajstić information content (AvgIpc) is 2.55. The van der Waals surface area contributed by atoms with Gasteiger partial charge >= 0.3 is 0 Å². The lowest BCUT2D eigenvalue weighted by molar-refractivity contribution is -0.116. The number of carbonyl (C=O) groups excluding carboxylic acids is 1. The molecule has 7 heteroatoms. The monoisotopic (exact) mass is 453 g/mol. The standard InChI is InChI=1S/C18H23N5O.HI/c1-3-14-7-5-8-15(12-14)22-18(19)20-11-10-17(24)23-16-9-4-6-13(2)21-16;/h4-9,12H,3,10-11H2,1-2H3,(H3,19,20,22)(H,21,23,24);1H. The molecule has 134 valence electrons. The molecule has 0 atom stereocenters. The summed E-state index contributed by atoms with van der Waals surface area (Å²) in [5.41, 5.74) is 8.82. The summed E-state index contributed by atoms with van der Waals surface area (Å²) in [6.07, 6.45) is 1.20. The van der Waals surface area contributed by atoms with Crippen LogP contribution in [0, 0.1) is 6.92 Å². The first-order chi connectivity index (χ1) is 11.6.